The average molecular weight is 292 g/mol. The van der Waals surface area contributed by atoms with E-state index in [-0.39, 0.29) is 5.92 Å². The molecule has 0 fully saturated rings. The van der Waals surface area contributed by atoms with Crippen LogP contribution in [0.4, 0.5) is 0 Å². The maximum Gasteiger partial charge on any atom is 0.227 e. The van der Waals surface area contributed by atoms with Gasteiger partial charge in [-0.1, -0.05) is 23.7 Å². The molecule has 1 unspecified atom stereocenters. The van der Waals surface area contributed by atoms with Crippen molar-refractivity contribution in [2.75, 3.05) is 7.11 Å². The summed E-state index contributed by atoms with van der Waals surface area (Å²) in [5.41, 5.74) is 0.722. The topological polar surface area (TPSA) is 71.9 Å². The van der Waals surface area contributed by atoms with Crippen LogP contribution in [-0.2, 0) is 6.42 Å². The van der Waals surface area contributed by atoms with Gasteiger partial charge in [-0.15, -0.1) is 0 Å². The summed E-state index contributed by atoms with van der Waals surface area (Å²) in [4.78, 5) is 4.33. The van der Waals surface area contributed by atoms with Crippen molar-refractivity contribution in [1.29, 1.82) is 5.26 Å². The molecule has 20 heavy (non-hydrogen) atoms. The first kappa shape index (κ1) is 14.4. The largest absolute Gasteiger partial charge is 0.496 e. The molecule has 1 heterocycles. The van der Waals surface area contributed by atoms with Gasteiger partial charge < -0.3 is 9.26 Å². The third kappa shape index (κ3) is 3.28. The van der Waals surface area contributed by atoms with Crippen LogP contribution in [0, 0.1) is 17.2 Å². The van der Waals surface area contributed by atoms with Crippen LogP contribution in [0.15, 0.2) is 22.7 Å². The van der Waals surface area contributed by atoms with E-state index in [0.29, 0.717) is 35.3 Å². The molecule has 1 atom stereocenters. The van der Waals surface area contributed by atoms with Crippen molar-refractivity contribution in [2.24, 2.45) is 5.92 Å². The lowest BCUT2D eigenvalue weighted by Gasteiger charge is -2.04. The molecule has 2 aromatic rings. The van der Waals surface area contributed by atoms with E-state index in [2.05, 4.69) is 16.2 Å². The predicted molar refractivity (Wildman–Crippen MR) is 74.4 cm³/mol. The van der Waals surface area contributed by atoms with Gasteiger partial charge in [0, 0.05) is 17.9 Å². The molecule has 0 amide bonds. The summed E-state index contributed by atoms with van der Waals surface area (Å²) in [5.74, 6) is 1.74. The normalized spacial score (nSPS) is 11.9. The lowest BCUT2D eigenvalue weighted by Crippen LogP contribution is -1.98. The zero-order valence-corrected chi connectivity index (χ0v) is 12.0. The van der Waals surface area contributed by atoms with Crippen molar-refractivity contribution in [2.45, 2.75) is 19.8 Å². The Labute approximate surface area is 122 Å². The highest BCUT2D eigenvalue weighted by Crippen LogP contribution is 2.30. The Bertz CT molecular complexity index is 634. The third-order valence-electron chi connectivity index (χ3n) is 2.84. The number of nitrogens with zero attached hydrogens (tertiary/aromatic N) is 3. The summed E-state index contributed by atoms with van der Waals surface area (Å²) in [6, 6.07) is 7.36. The van der Waals surface area contributed by atoms with Gasteiger partial charge >= 0.3 is 0 Å². The van der Waals surface area contributed by atoms with E-state index in [1.807, 2.05) is 6.92 Å². The Morgan fingerprint density at radius 2 is 2.30 bits per heavy atom. The second-order valence-electron chi connectivity index (χ2n) is 4.53. The van der Waals surface area contributed by atoms with Gasteiger partial charge in [0.2, 0.25) is 11.7 Å². The number of ether oxygens (including phenoxy) is 1. The summed E-state index contributed by atoms with van der Waals surface area (Å²) in [7, 11) is 1.56. The Kier molecular flexibility index (Phi) is 4.59. The van der Waals surface area contributed by atoms with Gasteiger partial charge in [-0.2, -0.15) is 10.2 Å². The molecule has 0 spiro atoms. The SMILES string of the molecule is COc1cc(Cl)ccc1-c1noc(CC(C)CC#N)n1. The molecule has 1 aromatic heterocycles. The zero-order valence-electron chi connectivity index (χ0n) is 11.3. The van der Waals surface area contributed by atoms with E-state index < -0.39 is 0 Å². The summed E-state index contributed by atoms with van der Waals surface area (Å²) in [6.45, 7) is 1.97. The molecular weight excluding hydrogens is 278 g/mol. The molecule has 5 nitrogen and oxygen atoms in total. The molecule has 2 rings (SSSR count). The Morgan fingerprint density at radius 1 is 1.50 bits per heavy atom. The first-order valence-corrected chi connectivity index (χ1v) is 6.55. The van der Waals surface area contributed by atoms with Crippen molar-refractivity contribution < 1.29 is 9.26 Å². The lowest BCUT2D eigenvalue weighted by atomic mass is 10.1. The minimum absolute atomic E-state index is 0.181. The van der Waals surface area contributed by atoms with Gasteiger partial charge in [0.05, 0.1) is 18.7 Å². The first-order valence-electron chi connectivity index (χ1n) is 6.17. The van der Waals surface area contributed by atoms with Gasteiger partial charge in [-0.05, 0) is 24.1 Å². The van der Waals surface area contributed by atoms with Crippen molar-refractivity contribution in [1.82, 2.24) is 10.1 Å². The summed E-state index contributed by atoms with van der Waals surface area (Å²) in [6.07, 6.45) is 1.04. The first-order chi connectivity index (χ1) is 9.63. The average Bonchev–Trinajstić information content (AvgIpc) is 2.87. The number of nitriles is 1. The molecule has 1 aromatic carbocycles. The molecule has 0 radical (unpaired) electrons. The molecule has 104 valence electrons. The highest BCUT2D eigenvalue weighted by molar-refractivity contribution is 6.30. The fourth-order valence-electron chi connectivity index (χ4n) is 1.82. The van der Waals surface area contributed by atoms with Crippen molar-refractivity contribution in [3.8, 4) is 23.2 Å². The van der Waals surface area contributed by atoms with Gasteiger partial charge in [-0.25, -0.2) is 0 Å². The number of benzene rings is 1. The van der Waals surface area contributed by atoms with Crippen LogP contribution in [-0.4, -0.2) is 17.3 Å². The summed E-state index contributed by atoms with van der Waals surface area (Å²) >= 11 is 5.92. The maximum absolute atomic E-state index is 8.65. The quantitative estimate of drug-likeness (QED) is 0.843. The molecule has 6 heteroatoms. The Balaban J connectivity index is 2.23. The Hall–Kier alpha value is -2.06. The van der Waals surface area contributed by atoms with E-state index >= 15 is 0 Å². The van der Waals surface area contributed by atoms with E-state index in [0.717, 1.165) is 5.56 Å². The molecule has 0 saturated carbocycles. The van der Waals surface area contributed by atoms with Crippen LogP contribution in [0.2, 0.25) is 5.02 Å². The molecule has 0 aliphatic rings. The highest BCUT2D eigenvalue weighted by atomic mass is 35.5. The van der Waals surface area contributed by atoms with Gasteiger partial charge in [0.15, 0.2) is 0 Å². The minimum Gasteiger partial charge on any atom is -0.496 e. The lowest BCUT2D eigenvalue weighted by molar-refractivity contribution is 0.359. The number of aromatic nitrogens is 2. The summed E-state index contributed by atoms with van der Waals surface area (Å²) in [5, 5.41) is 13.2. The fraction of sp³-hybridized carbons (Fsp3) is 0.357. The predicted octanol–water partition coefficient (Wildman–Crippen LogP) is 3.49. The van der Waals surface area contributed by atoms with E-state index in [1.54, 1.807) is 25.3 Å². The summed E-state index contributed by atoms with van der Waals surface area (Å²) < 4.78 is 10.5. The standard InChI is InChI=1S/C14H14ClN3O2/c1-9(5-6-16)7-13-17-14(18-20-13)11-4-3-10(15)8-12(11)19-2/h3-4,8-9H,5,7H2,1-2H3. The molecule has 0 N–H and O–H groups in total. The smallest absolute Gasteiger partial charge is 0.227 e. The zero-order chi connectivity index (χ0) is 14.5. The Morgan fingerprint density at radius 3 is 3.00 bits per heavy atom. The van der Waals surface area contributed by atoms with Gasteiger partial charge in [-0.3, -0.25) is 0 Å². The number of halogens is 1. The monoisotopic (exact) mass is 291 g/mol. The van der Waals surface area contributed by atoms with Crippen molar-refractivity contribution in [3.05, 3.63) is 29.1 Å². The fourth-order valence-corrected chi connectivity index (χ4v) is 1.99. The second-order valence-corrected chi connectivity index (χ2v) is 4.96. The molecule has 0 aliphatic heterocycles. The number of hydrogen-bond acceptors (Lipinski definition) is 5. The highest BCUT2D eigenvalue weighted by Gasteiger charge is 2.15. The molecule has 0 aliphatic carbocycles. The number of hydrogen-bond donors (Lipinski definition) is 0. The molecule has 0 saturated heterocycles. The van der Waals surface area contributed by atoms with Crippen LogP contribution >= 0.6 is 11.6 Å². The molecular formula is C14H14ClN3O2. The minimum atomic E-state index is 0.181. The van der Waals surface area contributed by atoms with Crippen LogP contribution in [0.3, 0.4) is 0 Å². The van der Waals surface area contributed by atoms with Gasteiger partial charge in [0.25, 0.3) is 0 Å². The van der Waals surface area contributed by atoms with E-state index in [9.17, 15) is 0 Å². The van der Waals surface area contributed by atoms with Gasteiger partial charge in [0.1, 0.15) is 5.75 Å². The maximum atomic E-state index is 8.65. The third-order valence-corrected chi connectivity index (χ3v) is 3.07. The van der Waals surface area contributed by atoms with Crippen LogP contribution in [0.1, 0.15) is 19.2 Å². The van der Waals surface area contributed by atoms with Crippen LogP contribution in [0.5, 0.6) is 5.75 Å². The van der Waals surface area contributed by atoms with E-state index in [4.69, 9.17) is 26.1 Å². The second kappa shape index (κ2) is 6.40. The number of rotatable bonds is 5. The molecule has 0 bridgehead atoms. The number of methoxy groups -OCH3 is 1. The van der Waals surface area contributed by atoms with Crippen LogP contribution in [0.25, 0.3) is 11.4 Å². The van der Waals surface area contributed by atoms with E-state index in [1.165, 1.54) is 0 Å². The van der Waals surface area contributed by atoms with Crippen LogP contribution < -0.4 is 4.74 Å². The van der Waals surface area contributed by atoms with Crippen molar-refractivity contribution in [3.63, 3.8) is 0 Å². The van der Waals surface area contributed by atoms with Crippen molar-refractivity contribution >= 4 is 11.6 Å².